The van der Waals surface area contributed by atoms with E-state index in [1.165, 1.54) is 0 Å². The molecule has 0 radical (unpaired) electrons. The molecule has 0 aliphatic rings. The van der Waals surface area contributed by atoms with Crippen molar-refractivity contribution >= 4 is 11.9 Å². The average Bonchev–Trinajstić information content (AvgIpc) is 3.04. The summed E-state index contributed by atoms with van der Waals surface area (Å²) in [6.45, 7) is 11.7. The minimum atomic E-state index is 0.578. The van der Waals surface area contributed by atoms with Gasteiger partial charge in [-0.25, -0.2) is 4.99 Å². The van der Waals surface area contributed by atoms with Gasteiger partial charge >= 0.3 is 0 Å². The predicted molar refractivity (Wildman–Crippen MR) is 93.5 cm³/mol. The number of nitrogens with one attached hydrogen (secondary N) is 2. The number of nitrogens with zero attached hydrogens (tertiary/aromatic N) is 2. The van der Waals surface area contributed by atoms with Gasteiger partial charge in [0.1, 0.15) is 11.5 Å². The number of allylic oxidation sites excluding steroid dienone is 2. The maximum absolute atomic E-state index is 5.51. The SMILES string of the molecule is C=C(/N=C(\C(C)=C(/C)NCCC)c1ccco1)NCC=NC. The summed E-state index contributed by atoms with van der Waals surface area (Å²) in [6, 6.07) is 3.75. The van der Waals surface area contributed by atoms with Gasteiger partial charge in [-0.2, -0.15) is 0 Å². The van der Waals surface area contributed by atoms with Crippen LogP contribution in [0, 0.1) is 0 Å². The Morgan fingerprint density at radius 2 is 2.14 bits per heavy atom. The summed E-state index contributed by atoms with van der Waals surface area (Å²) < 4.78 is 5.51. The minimum absolute atomic E-state index is 0.578. The van der Waals surface area contributed by atoms with Crippen LogP contribution < -0.4 is 10.6 Å². The molecule has 1 aromatic rings. The van der Waals surface area contributed by atoms with Crippen LogP contribution in [0.1, 0.15) is 33.0 Å². The molecule has 1 rings (SSSR count). The van der Waals surface area contributed by atoms with E-state index >= 15 is 0 Å². The van der Waals surface area contributed by atoms with E-state index in [1.807, 2.05) is 26.0 Å². The summed E-state index contributed by atoms with van der Waals surface area (Å²) >= 11 is 0. The van der Waals surface area contributed by atoms with E-state index in [1.54, 1.807) is 19.5 Å². The molecule has 0 atom stereocenters. The average molecular weight is 302 g/mol. The molecule has 0 bridgehead atoms. The van der Waals surface area contributed by atoms with Gasteiger partial charge in [-0.15, -0.1) is 0 Å². The highest BCUT2D eigenvalue weighted by Gasteiger charge is 2.12. The third-order valence-corrected chi connectivity index (χ3v) is 3.14. The molecule has 0 amide bonds. The summed E-state index contributed by atoms with van der Waals surface area (Å²) in [5, 5.41) is 6.48. The molecule has 1 heterocycles. The topological polar surface area (TPSA) is 61.9 Å². The molecule has 0 unspecified atom stereocenters. The van der Waals surface area contributed by atoms with Crippen molar-refractivity contribution in [1.29, 1.82) is 0 Å². The Kier molecular flexibility index (Phi) is 7.75. The highest BCUT2D eigenvalue weighted by atomic mass is 16.3. The zero-order valence-electron chi connectivity index (χ0n) is 13.9. The van der Waals surface area contributed by atoms with Crippen LogP contribution in [-0.2, 0) is 0 Å². The van der Waals surface area contributed by atoms with E-state index in [-0.39, 0.29) is 0 Å². The molecule has 0 aliphatic heterocycles. The highest BCUT2D eigenvalue weighted by molar-refractivity contribution is 6.11. The molecular weight excluding hydrogens is 276 g/mol. The van der Waals surface area contributed by atoms with Crippen LogP contribution in [0.3, 0.4) is 0 Å². The summed E-state index contributed by atoms with van der Waals surface area (Å²) in [7, 11) is 1.73. The Bertz CT molecular complexity index is 553. The van der Waals surface area contributed by atoms with Crippen LogP contribution in [0.2, 0.25) is 0 Å². The maximum atomic E-state index is 5.51. The lowest BCUT2D eigenvalue weighted by Crippen LogP contribution is -2.19. The largest absolute Gasteiger partial charge is 0.463 e. The molecule has 0 aliphatic carbocycles. The molecule has 120 valence electrons. The number of hydrogen-bond acceptors (Lipinski definition) is 5. The molecule has 0 fully saturated rings. The van der Waals surface area contributed by atoms with Gasteiger partial charge in [0.05, 0.1) is 12.8 Å². The Balaban J connectivity index is 3.01. The van der Waals surface area contributed by atoms with Crippen LogP contribution in [0.25, 0.3) is 0 Å². The molecule has 22 heavy (non-hydrogen) atoms. The van der Waals surface area contributed by atoms with Gasteiger partial charge in [0.2, 0.25) is 0 Å². The number of furan rings is 1. The Labute approximate surface area is 132 Å². The fourth-order valence-electron chi connectivity index (χ4n) is 1.79. The smallest absolute Gasteiger partial charge is 0.152 e. The van der Waals surface area contributed by atoms with Gasteiger partial charge < -0.3 is 15.1 Å². The van der Waals surface area contributed by atoms with E-state index in [9.17, 15) is 0 Å². The minimum Gasteiger partial charge on any atom is -0.463 e. The summed E-state index contributed by atoms with van der Waals surface area (Å²) in [4.78, 5) is 8.50. The molecule has 5 nitrogen and oxygen atoms in total. The van der Waals surface area contributed by atoms with Gasteiger partial charge in [-0.1, -0.05) is 13.5 Å². The van der Waals surface area contributed by atoms with Gasteiger partial charge in [0, 0.05) is 25.5 Å². The molecule has 0 aromatic carbocycles. The van der Waals surface area contributed by atoms with Crippen molar-refractivity contribution in [3.05, 3.63) is 47.8 Å². The first-order valence-corrected chi connectivity index (χ1v) is 7.47. The Hall–Kier alpha value is -2.30. The van der Waals surface area contributed by atoms with Crippen LogP contribution in [0.5, 0.6) is 0 Å². The van der Waals surface area contributed by atoms with Crippen molar-refractivity contribution in [2.45, 2.75) is 27.2 Å². The van der Waals surface area contributed by atoms with E-state index in [4.69, 9.17) is 4.42 Å². The standard InChI is InChI=1S/C17H26N4O/c1-6-9-19-14(3)13(2)17(16-8-7-12-22-16)21-15(4)20-11-10-18-5/h7-8,10,12,19-20H,4,6,9,11H2,1-3,5H3/b14-13+,18-10?,21-17+. The number of rotatable bonds is 9. The quantitative estimate of drug-likeness (QED) is 0.689. The molecule has 0 saturated carbocycles. The summed E-state index contributed by atoms with van der Waals surface area (Å²) in [6.07, 6.45) is 4.49. The molecule has 5 heteroatoms. The zero-order chi connectivity index (χ0) is 16.4. The second kappa shape index (κ2) is 9.60. The van der Waals surface area contributed by atoms with Crippen molar-refractivity contribution in [3.63, 3.8) is 0 Å². The number of aliphatic imine (C=N–C) groups is 2. The van der Waals surface area contributed by atoms with Crippen molar-refractivity contribution in [1.82, 2.24) is 10.6 Å². The lowest BCUT2D eigenvalue weighted by Gasteiger charge is -2.12. The molecule has 1 aromatic heterocycles. The highest BCUT2D eigenvalue weighted by Crippen LogP contribution is 2.14. The first kappa shape index (κ1) is 17.8. The van der Waals surface area contributed by atoms with Crippen molar-refractivity contribution in [2.24, 2.45) is 9.98 Å². The van der Waals surface area contributed by atoms with Gasteiger partial charge in [0.25, 0.3) is 0 Å². The lowest BCUT2D eigenvalue weighted by atomic mass is 10.1. The van der Waals surface area contributed by atoms with E-state index < -0.39 is 0 Å². The van der Waals surface area contributed by atoms with Gasteiger partial charge in [-0.3, -0.25) is 4.99 Å². The van der Waals surface area contributed by atoms with Gasteiger partial charge in [0.15, 0.2) is 5.76 Å². The predicted octanol–water partition coefficient (Wildman–Crippen LogP) is 3.12. The second-order valence-electron chi connectivity index (χ2n) is 4.88. The monoisotopic (exact) mass is 302 g/mol. The van der Waals surface area contributed by atoms with E-state index in [0.29, 0.717) is 12.4 Å². The van der Waals surface area contributed by atoms with Crippen LogP contribution in [0.15, 0.2) is 56.5 Å². The Morgan fingerprint density at radius 3 is 2.73 bits per heavy atom. The van der Waals surface area contributed by atoms with Crippen LogP contribution >= 0.6 is 0 Å². The van der Waals surface area contributed by atoms with Crippen LogP contribution in [0.4, 0.5) is 0 Å². The van der Waals surface area contributed by atoms with E-state index in [0.717, 1.165) is 35.7 Å². The van der Waals surface area contributed by atoms with E-state index in [2.05, 4.69) is 34.1 Å². The lowest BCUT2D eigenvalue weighted by molar-refractivity contribution is 0.557. The summed E-state index contributed by atoms with van der Waals surface area (Å²) in [5.41, 5.74) is 2.90. The maximum Gasteiger partial charge on any atom is 0.152 e. The molecule has 0 spiro atoms. The third-order valence-electron chi connectivity index (χ3n) is 3.14. The molecule has 2 N–H and O–H groups in total. The summed E-state index contributed by atoms with van der Waals surface area (Å²) in [5.74, 6) is 1.30. The van der Waals surface area contributed by atoms with Crippen LogP contribution in [-0.4, -0.2) is 32.1 Å². The zero-order valence-corrected chi connectivity index (χ0v) is 13.9. The number of hydrogen-bond donors (Lipinski definition) is 2. The first-order valence-electron chi connectivity index (χ1n) is 7.47. The Morgan fingerprint density at radius 1 is 1.36 bits per heavy atom. The molecule has 0 saturated heterocycles. The normalized spacial score (nSPS) is 13.2. The van der Waals surface area contributed by atoms with Crippen molar-refractivity contribution in [3.8, 4) is 0 Å². The fourth-order valence-corrected chi connectivity index (χ4v) is 1.79. The van der Waals surface area contributed by atoms with Crippen molar-refractivity contribution < 1.29 is 4.42 Å². The molecular formula is C17H26N4O. The second-order valence-corrected chi connectivity index (χ2v) is 4.88. The third kappa shape index (κ3) is 5.60. The fraction of sp³-hybridized carbons (Fsp3) is 0.412. The first-order chi connectivity index (χ1) is 10.6. The van der Waals surface area contributed by atoms with Gasteiger partial charge in [-0.05, 0) is 38.0 Å². The van der Waals surface area contributed by atoms with Crippen molar-refractivity contribution in [2.75, 3.05) is 20.1 Å².